The molecule has 2 aromatic rings. The number of aryl methyl sites for hydroxylation is 1. The van der Waals surface area contributed by atoms with Crippen LogP contribution in [-0.4, -0.2) is 54.6 Å². The van der Waals surface area contributed by atoms with E-state index in [2.05, 4.69) is 31.9 Å². The predicted molar refractivity (Wildman–Crippen MR) is 133 cm³/mol. The van der Waals surface area contributed by atoms with E-state index in [0.29, 0.717) is 12.8 Å². The fourth-order valence-electron chi connectivity index (χ4n) is 4.47. The summed E-state index contributed by atoms with van der Waals surface area (Å²) in [6.45, 7) is 1.23. The van der Waals surface area contributed by atoms with E-state index in [-0.39, 0.29) is 20.8 Å². The number of nitro groups is 1. The van der Waals surface area contributed by atoms with E-state index in [4.69, 9.17) is 0 Å². The van der Waals surface area contributed by atoms with Crippen LogP contribution in [0.5, 0.6) is 0 Å². The van der Waals surface area contributed by atoms with Gasteiger partial charge in [-0.25, -0.2) is 5.01 Å². The summed E-state index contributed by atoms with van der Waals surface area (Å²) in [6, 6.07) is 11.9. The van der Waals surface area contributed by atoms with E-state index in [1.54, 1.807) is 24.3 Å². The fraction of sp³-hybridized carbons (Fsp3) is 0.333. The fourth-order valence-corrected chi connectivity index (χ4v) is 5.71. The molecule has 0 bridgehead atoms. The van der Waals surface area contributed by atoms with Gasteiger partial charge in [0.1, 0.15) is 12.1 Å². The third-order valence-electron chi connectivity index (χ3n) is 6.36. The lowest BCUT2D eigenvalue weighted by Gasteiger charge is -2.30. The van der Waals surface area contributed by atoms with Gasteiger partial charge in [0.2, 0.25) is 0 Å². The molecule has 1 heterocycles. The summed E-state index contributed by atoms with van der Waals surface area (Å²) in [5.41, 5.74) is 0.412. The number of hydrogen-bond acceptors (Lipinski definition) is 6. The number of hydrazine groups is 1. The van der Waals surface area contributed by atoms with Crippen molar-refractivity contribution in [3.05, 3.63) is 75.3 Å². The molecule has 11 heteroatoms. The highest BCUT2D eigenvalue weighted by molar-refractivity contribution is 9.12. The lowest BCUT2D eigenvalue weighted by atomic mass is 9.81. The standard InChI is InChI=1S/C24H21Br2N3O6/c1-13-6-8-14(9-7-13)21(30)12-27(22(31)15-4-2-3-5-20(15)29(34)35)28-23(32)16-10-18(25)19(26)11-17(16)24(28)33/h2-9,16-19H,10-12H2,1H3/t16-,17-,18-,19+/m1/s1. The lowest BCUT2D eigenvalue weighted by Crippen LogP contribution is -2.52. The van der Waals surface area contributed by atoms with Gasteiger partial charge in [-0.1, -0.05) is 73.8 Å². The monoisotopic (exact) mass is 605 g/mol. The average molecular weight is 607 g/mol. The van der Waals surface area contributed by atoms with Crippen molar-refractivity contribution in [3.63, 3.8) is 0 Å². The Bertz CT molecular complexity index is 1190. The summed E-state index contributed by atoms with van der Waals surface area (Å²) in [5.74, 6) is -3.97. The minimum absolute atomic E-state index is 0.0472. The molecule has 1 aliphatic heterocycles. The first-order valence-electron chi connectivity index (χ1n) is 10.9. The number of Topliss-reactive ketones (excluding diaryl/α,β-unsaturated/α-hetero) is 1. The first kappa shape index (κ1) is 25.2. The van der Waals surface area contributed by atoms with Crippen molar-refractivity contribution in [1.82, 2.24) is 10.0 Å². The Morgan fingerprint density at radius 3 is 2.09 bits per heavy atom. The van der Waals surface area contributed by atoms with E-state index in [1.165, 1.54) is 18.2 Å². The van der Waals surface area contributed by atoms with Crippen molar-refractivity contribution in [3.8, 4) is 0 Å². The van der Waals surface area contributed by atoms with E-state index in [0.717, 1.165) is 21.6 Å². The molecule has 1 aliphatic carbocycles. The van der Waals surface area contributed by atoms with Gasteiger partial charge in [0, 0.05) is 21.3 Å². The van der Waals surface area contributed by atoms with Crippen molar-refractivity contribution in [2.24, 2.45) is 11.8 Å². The van der Waals surface area contributed by atoms with Crippen LogP contribution in [-0.2, 0) is 9.59 Å². The third kappa shape index (κ3) is 4.79. The molecule has 0 aromatic heterocycles. The third-order valence-corrected chi connectivity index (χ3v) is 9.10. The van der Waals surface area contributed by atoms with Gasteiger partial charge < -0.3 is 0 Å². The van der Waals surface area contributed by atoms with Gasteiger partial charge >= 0.3 is 0 Å². The Morgan fingerprint density at radius 2 is 1.54 bits per heavy atom. The molecule has 4 atom stereocenters. The summed E-state index contributed by atoms with van der Waals surface area (Å²) in [7, 11) is 0. The second kappa shape index (κ2) is 9.98. The zero-order valence-electron chi connectivity index (χ0n) is 18.6. The van der Waals surface area contributed by atoms with Gasteiger partial charge in [-0.2, -0.15) is 5.01 Å². The number of hydrogen-bond donors (Lipinski definition) is 0. The van der Waals surface area contributed by atoms with Crippen LogP contribution >= 0.6 is 31.9 Å². The van der Waals surface area contributed by atoms with E-state index in [9.17, 15) is 29.3 Å². The average Bonchev–Trinajstić information content (AvgIpc) is 3.06. The molecule has 2 aliphatic rings. The Labute approximate surface area is 217 Å². The maximum Gasteiger partial charge on any atom is 0.282 e. The van der Waals surface area contributed by atoms with Gasteiger partial charge in [0.15, 0.2) is 5.78 Å². The molecule has 0 spiro atoms. The van der Waals surface area contributed by atoms with Crippen LogP contribution in [0.2, 0.25) is 0 Å². The highest BCUT2D eigenvalue weighted by Crippen LogP contribution is 2.43. The van der Waals surface area contributed by atoms with Gasteiger partial charge in [0.25, 0.3) is 23.4 Å². The van der Waals surface area contributed by atoms with Crippen LogP contribution < -0.4 is 0 Å². The quantitative estimate of drug-likeness (QED) is 0.161. The molecule has 1 saturated heterocycles. The molecule has 4 rings (SSSR count). The number of nitro benzene ring substituents is 1. The molecule has 182 valence electrons. The first-order valence-corrected chi connectivity index (χ1v) is 12.7. The second-order valence-corrected chi connectivity index (χ2v) is 11.0. The summed E-state index contributed by atoms with van der Waals surface area (Å²) < 4.78 is 0. The molecule has 1 saturated carbocycles. The Balaban J connectivity index is 1.74. The van der Waals surface area contributed by atoms with E-state index >= 15 is 0 Å². The molecular weight excluding hydrogens is 586 g/mol. The number of para-hydroxylation sites is 1. The number of benzene rings is 2. The maximum absolute atomic E-state index is 13.6. The van der Waals surface area contributed by atoms with Crippen LogP contribution in [0.3, 0.4) is 0 Å². The van der Waals surface area contributed by atoms with Crippen LogP contribution in [0.25, 0.3) is 0 Å². The number of carbonyl (C=O) groups is 4. The molecule has 0 unspecified atom stereocenters. The van der Waals surface area contributed by atoms with Crippen LogP contribution in [0.1, 0.15) is 39.1 Å². The highest BCUT2D eigenvalue weighted by Gasteiger charge is 2.55. The normalized spacial score (nSPS) is 23.7. The van der Waals surface area contributed by atoms with Crippen molar-refractivity contribution < 1.29 is 24.1 Å². The number of halogens is 2. The number of imide groups is 1. The van der Waals surface area contributed by atoms with Crippen LogP contribution in [0.4, 0.5) is 5.69 Å². The second-order valence-electron chi connectivity index (χ2n) is 8.63. The number of nitrogens with zero attached hydrogens (tertiary/aromatic N) is 3. The zero-order valence-corrected chi connectivity index (χ0v) is 21.8. The largest absolute Gasteiger partial charge is 0.292 e. The summed E-state index contributed by atoms with van der Waals surface area (Å²) in [4.78, 5) is 64.3. The van der Waals surface area contributed by atoms with Gasteiger partial charge in [-0.15, -0.1) is 0 Å². The Morgan fingerprint density at radius 1 is 1.00 bits per heavy atom. The van der Waals surface area contributed by atoms with Crippen molar-refractivity contribution >= 4 is 61.1 Å². The van der Waals surface area contributed by atoms with E-state index in [1.807, 2.05) is 6.92 Å². The van der Waals surface area contributed by atoms with Crippen molar-refractivity contribution in [2.45, 2.75) is 29.4 Å². The highest BCUT2D eigenvalue weighted by atomic mass is 79.9. The molecule has 2 aromatic carbocycles. The number of carbonyl (C=O) groups excluding carboxylic acids is 4. The van der Waals surface area contributed by atoms with Gasteiger partial charge in [-0.05, 0) is 25.8 Å². The molecule has 0 radical (unpaired) electrons. The molecule has 0 N–H and O–H groups in total. The molecule has 35 heavy (non-hydrogen) atoms. The van der Waals surface area contributed by atoms with Gasteiger partial charge in [0.05, 0.1) is 16.8 Å². The van der Waals surface area contributed by atoms with Crippen LogP contribution in [0, 0.1) is 28.9 Å². The number of alkyl halides is 2. The summed E-state index contributed by atoms with van der Waals surface area (Å²) in [6.07, 6.45) is 0.752. The summed E-state index contributed by atoms with van der Waals surface area (Å²) >= 11 is 7.05. The van der Waals surface area contributed by atoms with E-state index < -0.39 is 52.5 Å². The first-order chi connectivity index (χ1) is 16.6. The number of fused-ring (bicyclic) bond motifs is 1. The molecule has 2 fully saturated rings. The van der Waals surface area contributed by atoms with Crippen molar-refractivity contribution in [1.29, 1.82) is 0 Å². The van der Waals surface area contributed by atoms with Crippen LogP contribution in [0.15, 0.2) is 48.5 Å². The summed E-state index contributed by atoms with van der Waals surface area (Å²) in [5, 5.41) is 13.1. The SMILES string of the molecule is Cc1ccc(C(=O)CN(C(=O)c2ccccc2[N+](=O)[O-])N2C(=O)[C@@H]3C[C@@H](Br)[C@@H](Br)C[C@H]3C2=O)cc1. The zero-order chi connectivity index (χ0) is 25.4. The smallest absolute Gasteiger partial charge is 0.282 e. The number of ketones is 1. The molecule has 9 nitrogen and oxygen atoms in total. The van der Waals surface area contributed by atoms with Crippen molar-refractivity contribution in [2.75, 3.05) is 6.54 Å². The van der Waals surface area contributed by atoms with Gasteiger partial charge in [-0.3, -0.25) is 29.3 Å². The Kier molecular flexibility index (Phi) is 7.18. The minimum atomic E-state index is -0.969. The number of rotatable bonds is 6. The predicted octanol–water partition coefficient (Wildman–Crippen LogP) is 4.07. The molecular formula is C24H21Br2N3O6. The number of amides is 3. The molecule has 3 amide bonds. The lowest BCUT2D eigenvalue weighted by molar-refractivity contribution is -0.385. The Hall–Kier alpha value is -2.92. The minimum Gasteiger partial charge on any atom is -0.292 e. The maximum atomic E-state index is 13.6. The topological polar surface area (TPSA) is 118 Å².